The van der Waals surface area contributed by atoms with E-state index in [1.165, 1.54) is 24.3 Å². The quantitative estimate of drug-likeness (QED) is 0.406. The summed E-state index contributed by atoms with van der Waals surface area (Å²) in [5, 5.41) is 12.9. The highest BCUT2D eigenvalue weighted by Crippen LogP contribution is 2.36. The molecule has 3 rings (SSSR count). The average Bonchev–Trinajstić information content (AvgIpc) is 3.11. The Kier molecular flexibility index (Phi) is 7.57. The van der Waals surface area contributed by atoms with Crippen molar-refractivity contribution in [2.75, 3.05) is 18.5 Å². The number of ether oxygens (including phenoxy) is 1. The molecule has 0 saturated heterocycles. The number of nitriles is 1. The van der Waals surface area contributed by atoms with E-state index < -0.39 is 0 Å². The van der Waals surface area contributed by atoms with Crippen LogP contribution in [0.1, 0.15) is 41.3 Å². The summed E-state index contributed by atoms with van der Waals surface area (Å²) in [6.45, 7) is 2.50. The Labute approximate surface area is 184 Å². The third-order valence-corrected chi connectivity index (χ3v) is 5.96. The second-order valence-corrected chi connectivity index (χ2v) is 8.17. The molecule has 0 atom stereocenters. The van der Waals surface area contributed by atoms with Gasteiger partial charge in [-0.05, 0) is 30.0 Å². The van der Waals surface area contributed by atoms with Crippen molar-refractivity contribution in [3.05, 3.63) is 58.0 Å². The minimum Gasteiger partial charge on any atom is -0.466 e. The molecule has 2 amide bonds. The summed E-state index contributed by atoms with van der Waals surface area (Å²) < 4.78 is 4.87. The van der Waals surface area contributed by atoms with E-state index >= 15 is 0 Å². The van der Waals surface area contributed by atoms with Crippen LogP contribution in [0.4, 0.5) is 5.00 Å². The third-order valence-electron chi connectivity index (χ3n) is 4.83. The highest BCUT2D eigenvalue weighted by atomic mass is 32.1. The van der Waals surface area contributed by atoms with Crippen LogP contribution in [0, 0.1) is 11.3 Å². The number of hydrogen-bond donors (Lipinski definition) is 1. The molecule has 1 aromatic heterocycles. The number of esters is 1. The molecule has 8 heteroatoms. The summed E-state index contributed by atoms with van der Waals surface area (Å²) in [5.41, 5.74) is 2.29. The van der Waals surface area contributed by atoms with Crippen molar-refractivity contribution in [3.63, 3.8) is 0 Å². The molecule has 0 unspecified atom stereocenters. The summed E-state index contributed by atoms with van der Waals surface area (Å²) in [6.07, 6.45) is 4.50. The molecule has 2 heterocycles. The van der Waals surface area contributed by atoms with Gasteiger partial charge < -0.3 is 15.0 Å². The molecule has 2 aromatic rings. The van der Waals surface area contributed by atoms with E-state index in [0.29, 0.717) is 42.9 Å². The maximum Gasteiger partial charge on any atom is 0.302 e. The first kappa shape index (κ1) is 22.2. The highest BCUT2D eigenvalue weighted by molar-refractivity contribution is 7.16. The summed E-state index contributed by atoms with van der Waals surface area (Å²) in [5.74, 6) is -0.677. The number of fused-ring (bicyclic) bond motifs is 1. The zero-order valence-electron chi connectivity index (χ0n) is 17.2. The topological polar surface area (TPSA) is 99.5 Å². The van der Waals surface area contributed by atoms with Gasteiger partial charge in [-0.1, -0.05) is 30.3 Å². The van der Waals surface area contributed by atoms with Gasteiger partial charge in [-0.15, -0.1) is 11.3 Å². The van der Waals surface area contributed by atoms with E-state index in [1.54, 1.807) is 11.0 Å². The lowest BCUT2D eigenvalue weighted by molar-refractivity contribution is -0.142. The molecule has 0 radical (unpaired) electrons. The maximum absolute atomic E-state index is 12.5. The van der Waals surface area contributed by atoms with E-state index in [4.69, 9.17) is 4.74 Å². The van der Waals surface area contributed by atoms with Crippen LogP contribution in [-0.2, 0) is 32.1 Å². The molecular formula is C23H23N3O4S. The SMILES string of the molecule is CC(=O)OCCCC(=O)N1CCc2c(sc(NC(=O)/C=C/c3ccccc3)c2C#N)C1. The Hall–Kier alpha value is -3.44. The van der Waals surface area contributed by atoms with E-state index in [2.05, 4.69) is 11.4 Å². The number of nitrogens with zero attached hydrogens (tertiary/aromatic N) is 2. The fourth-order valence-corrected chi connectivity index (χ4v) is 4.53. The van der Waals surface area contributed by atoms with Crippen molar-refractivity contribution in [3.8, 4) is 6.07 Å². The first-order chi connectivity index (χ1) is 15.0. The molecule has 1 aliphatic rings. The summed E-state index contributed by atoms with van der Waals surface area (Å²) in [4.78, 5) is 38.3. The number of amides is 2. The largest absolute Gasteiger partial charge is 0.466 e. The van der Waals surface area contributed by atoms with Gasteiger partial charge in [0, 0.05) is 30.8 Å². The molecule has 31 heavy (non-hydrogen) atoms. The molecule has 0 aliphatic carbocycles. The fourth-order valence-electron chi connectivity index (χ4n) is 3.31. The predicted molar refractivity (Wildman–Crippen MR) is 118 cm³/mol. The number of nitrogens with one attached hydrogen (secondary N) is 1. The third kappa shape index (κ3) is 6.03. The van der Waals surface area contributed by atoms with Gasteiger partial charge in [0.05, 0.1) is 18.7 Å². The average molecular weight is 438 g/mol. The molecule has 0 fully saturated rings. The molecule has 160 valence electrons. The standard InChI is InChI=1S/C23H23N3O4S/c1-16(27)30-13-5-8-22(29)26-12-11-18-19(14-24)23(31-20(18)15-26)25-21(28)10-9-17-6-3-2-4-7-17/h2-4,6-7,9-10H,5,8,11-13,15H2,1H3,(H,25,28)/b10-9+. The van der Waals surface area contributed by atoms with Crippen molar-refractivity contribution in [2.45, 2.75) is 32.7 Å². The molecule has 1 aliphatic heterocycles. The minimum absolute atomic E-state index is 0.0129. The number of thiophene rings is 1. The van der Waals surface area contributed by atoms with Crippen LogP contribution in [0.25, 0.3) is 6.08 Å². The van der Waals surface area contributed by atoms with Gasteiger partial charge in [0.2, 0.25) is 11.8 Å². The van der Waals surface area contributed by atoms with Crippen molar-refractivity contribution < 1.29 is 19.1 Å². The molecule has 0 spiro atoms. The monoisotopic (exact) mass is 437 g/mol. The lowest BCUT2D eigenvalue weighted by Crippen LogP contribution is -2.35. The molecule has 1 aromatic carbocycles. The van der Waals surface area contributed by atoms with E-state index in [0.717, 1.165) is 16.0 Å². The summed E-state index contributed by atoms with van der Waals surface area (Å²) in [6, 6.07) is 11.7. The van der Waals surface area contributed by atoms with Crippen molar-refractivity contribution >= 4 is 40.2 Å². The normalized spacial score (nSPS) is 12.8. The van der Waals surface area contributed by atoms with Gasteiger partial charge >= 0.3 is 5.97 Å². The second-order valence-electron chi connectivity index (χ2n) is 7.06. The molecule has 0 bridgehead atoms. The first-order valence-electron chi connectivity index (χ1n) is 9.98. The van der Waals surface area contributed by atoms with Gasteiger partial charge in [0.15, 0.2) is 0 Å². The predicted octanol–water partition coefficient (Wildman–Crippen LogP) is 3.50. The van der Waals surface area contributed by atoms with E-state index in [-0.39, 0.29) is 24.4 Å². The Morgan fingerprint density at radius 2 is 2.06 bits per heavy atom. The molecule has 7 nitrogen and oxygen atoms in total. The molecule has 1 N–H and O–H groups in total. The van der Waals surface area contributed by atoms with Crippen molar-refractivity contribution in [2.24, 2.45) is 0 Å². The van der Waals surface area contributed by atoms with Gasteiger partial charge in [-0.25, -0.2) is 0 Å². The Balaban J connectivity index is 1.62. The number of benzene rings is 1. The van der Waals surface area contributed by atoms with Crippen LogP contribution in [0.2, 0.25) is 0 Å². The second kappa shape index (κ2) is 10.5. The lowest BCUT2D eigenvalue weighted by atomic mass is 10.0. The number of carbonyl (C=O) groups is 3. The van der Waals surface area contributed by atoms with Crippen LogP contribution in [0.5, 0.6) is 0 Å². The summed E-state index contributed by atoms with van der Waals surface area (Å²) >= 11 is 1.34. The van der Waals surface area contributed by atoms with Crippen LogP contribution >= 0.6 is 11.3 Å². The minimum atomic E-state index is -0.356. The smallest absolute Gasteiger partial charge is 0.302 e. The fraction of sp³-hybridized carbons (Fsp3) is 0.304. The van der Waals surface area contributed by atoms with Gasteiger partial charge in [-0.3, -0.25) is 14.4 Å². The molecule has 0 saturated carbocycles. The highest BCUT2D eigenvalue weighted by Gasteiger charge is 2.27. The molecular weight excluding hydrogens is 414 g/mol. The van der Waals surface area contributed by atoms with Crippen LogP contribution in [0.3, 0.4) is 0 Å². The Morgan fingerprint density at radius 3 is 2.77 bits per heavy atom. The summed E-state index contributed by atoms with van der Waals surface area (Å²) in [7, 11) is 0. The van der Waals surface area contributed by atoms with Gasteiger partial charge in [0.25, 0.3) is 0 Å². The van der Waals surface area contributed by atoms with Crippen molar-refractivity contribution in [1.29, 1.82) is 5.26 Å². The van der Waals surface area contributed by atoms with Crippen LogP contribution in [-0.4, -0.2) is 35.8 Å². The van der Waals surface area contributed by atoms with Crippen molar-refractivity contribution in [1.82, 2.24) is 4.90 Å². The lowest BCUT2D eigenvalue weighted by Gasteiger charge is -2.27. The Morgan fingerprint density at radius 1 is 1.29 bits per heavy atom. The van der Waals surface area contributed by atoms with Gasteiger partial charge in [-0.2, -0.15) is 5.26 Å². The number of hydrogen-bond acceptors (Lipinski definition) is 6. The van der Waals surface area contributed by atoms with Crippen LogP contribution in [0.15, 0.2) is 36.4 Å². The number of anilines is 1. The Bertz CT molecular complexity index is 1040. The van der Waals surface area contributed by atoms with Crippen LogP contribution < -0.4 is 5.32 Å². The zero-order chi connectivity index (χ0) is 22.2. The number of carbonyl (C=O) groups excluding carboxylic acids is 3. The van der Waals surface area contributed by atoms with E-state index in [9.17, 15) is 19.6 Å². The zero-order valence-corrected chi connectivity index (χ0v) is 18.0. The maximum atomic E-state index is 12.5. The van der Waals surface area contributed by atoms with E-state index in [1.807, 2.05) is 30.3 Å². The first-order valence-corrected chi connectivity index (χ1v) is 10.8. The number of rotatable bonds is 7. The van der Waals surface area contributed by atoms with Gasteiger partial charge in [0.1, 0.15) is 11.1 Å².